The summed E-state index contributed by atoms with van der Waals surface area (Å²) in [6.07, 6.45) is 2.96. The lowest BCUT2D eigenvalue weighted by Gasteiger charge is -2.33. The van der Waals surface area contributed by atoms with E-state index in [2.05, 4.69) is 0 Å². The molecule has 2 unspecified atom stereocenters. The highest BCUT2D eigenvalue weighted by Gasteiger charge is 2.36. The highest BCUT2D eigenvalue weighted by molar-refractivity contribution is 5.82. The standard InChI is InChI=1S/C15H20N2O3/c16-14(7-10-1-3-11(18)4-2-10)15(19)17-8-12-5-6-13(9-17)20-12/h1-4,12-14,18H,5-9,16H2/t12?,13?,14-/m1/s1. The lowest BCUT2D eigenvalue weighted by molar-refractivity contribution is -0.141. The molecule has 2 heterocycles. The summed E-state index contributed by atoms with van der Waals surface area (Å²) >= 11 is 0. The number of nitrogens with zero attached hydrogens (tertiary/aromatic N) is 1. The lowest BCUT2D eigenvalue weighted by Crippen LogP contribution is -2.52. The Morgan fingerprint density at radius 3 is 2.50 bits per heavy atom. The van der Waals surface area contributed by atoms with Gasteiger partial charge in [-0.2, -0.15) is 0 Å². The number of fused-ring (bicyclic) bond motifs is 2. The van der Waals surface area contributed by atoms with Crippen LogP contribution in [0.5, 0.6) is 5.75 Å². The molecule has 20 heavy (non-hydrogen) atoms. The first-order valence-corrected chi connectivity index (χ1v) is 7.09. The van der Waals surface area contributed by atoms with Gasteiger partial charge in [-0.05, 0) is 37.0 Å². The number of phenols is 1. The largest absolute Gasteiger partial charge is 0.508 e. The van der Waals surface area contributed by atoms with E-state index >= 15 is 0 Å². The van der Waals surface area contributed by atoms with Crippen molar-refractivity contribution in [3.8, 4) is 5.75 Å². The summed E-state index contributed by atoms with van der Waals surface area (Å²) in [5.74, 6) is 0.219. The number of morpholine rings is 1. The van der Waals surface area contributed by atoms with Crippen LogP contribution >= 0.6 is 0 Å². The fourth-order valence-corrected chi connectivity index (χ4v) is 3.00. The van der Waals surface area contributed by atoms with E-state index in [4.69, 9.17) is 10.5 Å². The summed E-state index contributed by atoms with van der Waals surface area (Å²) in [5, 5.41) is 9.25. The number of hydrogen-bond donors (Lipinski definition) is 2. The molecule has 108 valence electrons. The zero-order valence-electron chi connectivity index (χ0n) is 11.4. The Labute approximate surface area is 118 Å². The van der Waals surface area contributed by atoms with Gasteiger partial charge in [-0.1, -0.05) is 12.1 Å². The monoisotopic (exact) mass is 276 g/mol. The molecule has 3 atom stereocenters. The molecule has 0 radical (unpaired) electrons. The van der Waals surface area contributed by atoms with E-state index in [-0.39, 0.29) is 23.9 Å². The number of likely N-dealkylation sites (tertiary alicyclic amines) is 1. The number of amides is 1. The number of nitrogens with two attached hydrogens (primary N) is 1. The normalized spacial score (nSPS) is 26.6. The summed E-state index contributed by atoms with van der Waals surface area (Å²) in [6.45, 7) is 1.33. The van der Waals surface area contributed by atoms with E-state index in [1.165, 1.54) is 0 Å². The second-order valence-electron chi connectivity index (χ2n) is 5.68. The summed E-state index contributed by atoms with van der Waals surface area (Å²) < 4.78 is 5.73. The van der Waals surface area contributed by atoms with Gasteiger partial charge in [0.05, 0.1) is 18.2 Å². The number of phenolic OH excluding ortho intramolecular Hbond substituents is 1. The predicted molar refractivity (Wildman–Crippen MR) is 74.3 cm³/mol. The number of hydrogen-bond acceptors (Lipinski definition) is 4. The molecule has 0 spiro atoms. The SMILES string of the molecule is N[C@H](Cc1ccc(O)cc1)C(=O)N1CC2CCC(C1)O2. The zero-order chi connectivity index (χ0) is 14.1. The molecule has 2 fully saturated rings. The van der Waals surface area contributed by atoms with Gasteiger partial charge >= 0.3 is 0 Å². The zero-order valence-corrected chi connectivity index (χ0v) is 11.4. The minimum atomic E-state index is -0.531. The van der Waals surface area contributed by atoms with E-state index in [0.717, 1.165) is 18.4 Å². The van der Waals surface area contributed by atoms with E-state index in [9.17, 15) is 9.90 Å². The topological polar surface area (TPSA) is 75.8 Å². The lowest BCUT2D eigenvalue weighted by atomic mass is 10.0. The number of aromatic hydroxyl groups is 1. The highest BCUT2D eigenvalue weighted by Crippen LogP contribution is 2.26. The molecular weight excluding hydrogens is 256 g/mol. The number of carbonyl (C=O) groups excluding carboxylic acids is 1. The molecule has 1 amide bonds. The third-order valence-electron chi connectivity index (χ3n) is 4.06. The average molecular weight is 276 g/mol. The van der Waals surface area contributed by atoms with Gasteiger partial charge in [-0.25, -0.2) is 0 Å². The van der Waals surface area contributed by atoms with E-state index < -0.39 is 6.04 Å². The molecule has 2 aliphatic rings. The van der Waals surface area contributed by atoms with Crippen LogP contribution in [-0.4, -0.2) is 47.3 Å². The van der Waals surface area contributed by atoms with E-state index in [1.54, 1.807) is 24.3 Å². The van der Waals surface area contributed by atoms with Crippen LogP contribution in [0.3, 0.4) is 0 Å². The molecule has 2 aliphatic heterocycles. The maximum absolute atomic E-state index is 12.4. The van der Waals surface area contributed by atoms with E-state index in [1.807, 2.05) is 4.90 Å². The molecule has 0 aliphatic carbocycles. The van der Waals surface area contributed by atoms with Crippen molar-refractivity contribution in [3.63, 3.8) is 0 Å². The van der Waals surface area contributed by atoms with Gasteiger partial charge < -0.3 is 20.5 Å². The second-order valence-corrected chi connectivity index (χ2v) is 5.68. The summed E-state index contributed by atoms with van der Waals surface area (Å²) in [6, 6.07) is 6.29. The molecule has 2 bridgehead atoms. The Hall–Kier alpha value is -1.59. The van der Waals surface area contributed by atoms with Crippen molar-refractivity contribution < 1.29 is 14.6 Å². The van der Waals surface area contributed by atoms with Crippen molar-refractivity contribution >= 4 is 5.91 Å². The second kappa shape index (κ2) is 5.42. The van der Waals surface area contributed by atoms with Crippen LogP contribution in [0.4, 0.5) is 0 Å². The van der Waals surface area contributed by atoms with Crippen LogP contribution in [0.25, 0.3) is 0 Å². The van der Waals surface area contributed by atoms with Crippen molar-refractivity contribution in [1.29, 1.82) is 0 Å². The third-order valence-corrected chi connectivity index (χ3v) is 4.06. The van der Waals surface area contributed by atoms with Crippen molar-refractivity contribution in [2.24, 2.45) is 5.73 Å². The van der Waals surface area contributed by atoms with Crippen LogP contribution < -0.4 is 5.73 Å². The number of benzene rings is 1. The van der Waals surface area contributed by atoms with Gasteiger partial charge in [0.15, 0.2) is 0 Å². The van der Waals surface area contributed by atoms with Gasteiger partial charge in [0, 0.05) is 13.1 Å². The number of carbonyl (C=O) groups is 1. The van der Waals surface area contributed by atoms with Crippen molar-refractivity contribution in [2.45, 2.75) is 37.5 Å². The van der Waals surface area contributed by atoms with Crippen LogP contribution in [0.15, 0.2) is 24.3 Å². The van der Waals surface area contributed by atoms with Gasteiger partial charge in [0.2, 0.25) is 5.91 Å². The molecule has 5 nitrogen and oxygen atoms in total. The highest BCUT2D eigenvalue weighted by atomic mass is 16.5. The quantitative estimate of drug-likeness (QED) is 0.850. The molecule has 1 aromatic carbocycles. The Balaban J connectivity index is 1.60. The summed E-state index contributed by atoms with van der Waals surface area (Å²) in [4.78, 5) is 14.2. The predicted octanol–water partition coefficient (Wildman–Crippen LogP) is 0.652. The van der Waals surface area contributed by atoms with Gasteiger partial charge in [0.1, 0.15) is 5.75 Å². The average Bonchev–Trinajstić information content (AvgIpc) is 2.79. The first-order valence-electron chi connectivity index (χ1n) is 7.09. The molecule has 1 aromatic rings. The molecule has 5 heteroatoms. The van der Waals surface area contributed by atoms with Gasteiger partial charge in [0.25, 0.3) is 0 Å². The summed E-state index contributed by atoms with van der Waals surface area (Å²) in [7, 11) is 0. The summed E-state index contributed by atoms with van der Waals surface area (Å²) in [5.41, 5.74) is 6.99. The van der Waals surface area contributed by atoms with Crippen molar-refractivity contribution in [1.82, 2.24) is 4.90 Å². The Kier molecular flexibility index (Phi) is 3.63. The fourth-order valence-electron chi connectivity index (χ4n) is 3.00. The minimum absolute atomic E-state index is 0.00160. The van der Waals surface area contributed by atoms with Crippen LogP contribution in [0.1, 0.15) is 18.4 Å². The molecule has 0 saturated carbocycles. The van der Waals surface area contributed by atoms with Crippen molar-refractivity contribution in [2.75, 3.05) is 13.1 Å². The Morgan fingerprint density at radius 2 is 1.90 bits per heavy atom. The van der Waals surface area contributed by atoms with Crippen LogP contribution in [0.2, 0.25) is 0 Å². The smallest absolute Gasteiger partial charge is 0.240 e. The maximum Gasteiger partial charge on any atom is 0.240 e. The molecule has 0 aromatic heterocycles. The Morgan fingerprint density at radius 1 is 1.30 bits per heavy atom. The van der Waals surface area contributed by atoms with Gasteiger partial charge in [-0.3, -0.25) is 4.79 Å². The molecule has 3 rings (SSSR count). The Bertz CT molecular complexity index is 476. The first kappa shape index (κ1) is 13.4. The van der Waals surface area contributed by atoms with E-state index in [0.29, 0.717) is 19.5 Å². The first-order chi connectivity index (χ1) is 9.61. The number of ether oxygens (including phenoxy) is 1. The van der Waals surface area contributed by atoms with Gasteiger partial charge in [-0.15, -0.1) is 0 Å². The van der Waals surface area contributed by atoms with Crippen LogP contribution in [-0.2, 0) is 16.0 Å². The molecular formula is C15H20N2O3. The third kappa shape index (κ3) is 2.78. The van der Waals surface area contributed by atoms with Crippen molar-refractivity contribution in [3.05, 3.63) is 29.8 Å². The minimum Gasteiger partial charge on any atom is -0.508 e. The fraction of sp³-hybridized carbons (Fsp3) is 0.533. The number of rotatable bonds is 3. The molecule has 2 saturated heterocycles. The van der Waals surface area contributed by atoms with Crippen LogP contribution in [0, 0.1) is 0 Å². The maximum atomic E-state index is 12.4. The molecule has 3 N–H and O–H groups in total.